The van der Waals surface area contributed by atoms with Crippen LogP contribution in [0.25, 0.3) is 0 Å². The van der Waals surface area contributed by atoms with Gasteiger partial charge in [-0.2, -0.15) is 0 Å². The van der Waals surface area contributed by atoms with Crippen molar-refractivity contribution >= 4 is 27.2 Å². The van der Waals surface area contributed by atoms with Crippen LogP contribution in [-0.2, 0) is 10.0 Å². The van der Waals surface area contributed by atoms with Crippen LogP contribution in [0.3, 0.4) is 0 Å². The number of piperidine rings is 1. The van der Waals surface area contributed by atoms with E-state index in [9.17, 15) is 8.42 Å². The van der Waals surface area contributed by atoms with Crippen molar-refractivity contribution in [2.75, 3.05) is 13.1 Å². The lowest BCUT2D eigenvalue weighted by Gasteiger charge is -2.31. The fraction of sp³-hybridized carbons (Fsp3) is 0.889. The minimum atomic E-state index is -3.32. The molecule has 1 aliphatic rings. The van der Waals surface area contributed by atoms with Gasteiger partial charge in [0.2, 0.25) is 10.0 Å². The molecule has 0 saturated carbocycles. The Balaban J connectivity index is 2.74. The predicted molar refractivity (Wildman–Crippen MR) is 65.1 cm³/mol. The van der Waals surface area contributed by atoms with Gasteiger partial charge in [0.15, 0.2) is 0 Å². The smallest absolute Gasteiger partial charge is 0.223 e. The summed E-state index contributed by atoms with van der Waals surface area (Å²) >= 11 is 4.73. The van der Waals surface area contributed by atoms with Crippen LogP contribution in [0, 0.1) is 5.92 Å². The van der Waals surface area contributed by atoms with Crippen LogP contribution in [0.4, 0.5) is 0 Å². The van der Waals surface area contributed by atoms with Crippen molar-refractivity contribution in [2.45, 2.75) is 31.9 Å². The van der Waals surface area contributed by atoms with Gasteiger partial charge in [-0.05, 0) is 25.7 Å². The zero-order valence-electron chi connectivity index (χ0n) is 9.14. The second kappa shape index (κ2) is 4.76. The quantitative estimate of drug-likeness (QED) is 0.750. The summed E-state index contributed by atoms with van der Waals surface area (Å²) < 4.78 is 25.5. The summed E-state index contributed by atoms with van der Waals surface area (Å²) in [5.41, 5.74) is 5.38. The van der Waals surface area contributed by atoms with E-state index in [1.807, 2.05) is 0 Å². The third kappa shape index (κ3) is 2.89. The van der Waals surface area contributed by atoms with E-state index in [0.717, 1.165) is 12.8 Å². The highest BCUT2D eigenvalue weighted by atomic mass is 32.2. The van der Waals surface area contributed by atoms with Crippen LogP contribution in [0.5, 0.6) is 0 Å². The minimum absolute atomic E-state index is 0.0496. The van der Waals surface area contributed by atoms with Gasteiger partial charge in [-0.3, -0.25) is 0 Å². The normalized spacial score (nSPS) is 22.5. The zero-order chi connectivity index (χ0) is 11.6. The maximum Gasteiger partial charge on any atom is 0.223 e. The molecule has 0 aromatic rings. The van der Waals surface area contributed by atoms with E-state index < -0.39 is 15.3 Å². The molecule has 88 valence electrons. The van der Waals surface area contributed by atoms with E-state index in [4.69, 9.17) is 18.0 Å². The van der Waals surface area contributed by atoms with Crippen LogP contribution in [0.15, 0.2) is 0 Å². The highest BCUT2D eigenvalue weighted by Gasteiger charge is 2.32. The van der Waals surface area contributed by atoms with Gasteiger partial charge >= 0.3 is 0 Å². The van der Waals surface area contributed by atoms with Crippen molar-refractivity contribution in [1.29, 1.82) is 0 Å². The van der Waals surface area contributed by atoms with Gasteiger partial charge in [0.1, 0.15) is 5.25 Å². The lowest BCUT2D eigenvalue weighted by Crippen LogP contribution is -2.46. The third-order valence-corrected chi connectivity index (χ3v) is 5.69. The first-order valence-corrected chi connectivity index (χ1v) is 7.05. The molecule has 0 amide bonds. The molecule has 0 radical (unpaired) electrons. The van der Waals surface area contributed by atoms with Gasteiger partial charge in [0, 0.05) is 13.1 Å². The van der Waals surface area contributed by atoms with Crippen LogP contribution >= 0.6 is 12.2 Å². The predicted octanol–water partition coefficient (Wildman–Crippen LogP) is 0.723. The van der Waals surface area contributed by atoms with Gasteiger partial charge in [-0.1, -0.05) is 19.1 Å². The van der Waals surface area contributed by atoms with Crippen LogP contribution in [0.1, 0.15) is 26.7 Å². The molecule has 4 nitrogen and oxygen atoms in total. The number of nitrogens with zero attached hydrogens (tertiary/aromatic N) is 1. The fourth-order valence-corrected chi connectivity index (χ4v) is 3.44. The Bertz CT molecular complexity index is 332. The molecule has 1 atom stereocenters. The van der Waals surface area contributed by atoms with Gasteiger partial charge in [-0.25, -0.2) is 12.7 Å². The minimum Gasteiger partial charge on any atom is -0.392 e. The summed E-state index contributed by atoms with van der Waals surface area (Å²) in [5, 5.41) is -0.749. The number of hydrogen-bond acceptors (Lipinski definition) is 3. The standard InChI is InChI=1S/C9H18N2O2S2/c1-7-3-5-11(6-4-7)15(12,13)8(2)9(10)14/h7-8H,3-6H2,1-2H3,(H2,10,14). The van der Waals surface area contributed by atoms with Gasteiger partial charge in [0.25, 0.3) is 0 Å². The topological polar surface area (TPSA) is 63.4 Å². The fourth-order valence-electron chi connectivity index (χ4n) is 1.61. The monoisotopic (exact) mass is 250 g/mol. The zero-order valence-corrected chi connectivity index (χ0v) is 10.8. The van der Waals surface area contributed by atoms with Crippen molar-refractivity contribution < 1.29 is 8.42 Å². The SMILES string of the molecule is CC1CCN(S(=O)(=O)C(C)C(N)=S)CC1. The number of hydrogen-bond donors (Lipinski definition) is 1. The van der Waals surface area contributed by atoms with Crippen molar-refractivity contribution in [1.82, 2.24) is 4.31 Å². The summed E-state index contributed by atoms with van der Waals surface area (Å²) in [5.74, 6) is 0.608. The third-order valence-electron chi connectivity index (χ3n) is 2.95. The van der Waals surface area contributed by atoms with Crippen LogP contribution < -0.4 is 5.73 Å². The molecule has 1 aliphatic heterocycles. The van der Waals surface area contributed by atoms with Crippen molar-refractivity contribution in [3.05, 3.63) is 0 Å². The van der Waals surface area contributed by atoms with E-state index in [2.05, 4.69) is 6.92 Å². The molecular formula is C9H18N2O2S2. The van der Waals surface area contributed by atoms with Crippen LogP contribution in [0.2, 0.25) is 0 Å². The van der Waals surface area contributed by atoms with E-state index in [-0.39, 0.29) is 4.99 Å². The first-order chi connectivity index (χ1) is 6.85. The molecule has 1 heterocycles. The van der Waals surface area contributed by atoms with Gasteiger partial charge in [-0.15, -0.1) is 0 Å². The molecule has 1 saturated heterocycles. The van der Waals surface area contributed by atoms with Gasteiger partial charge < -0.3 is 5.73 Å². The number of thiocarbonyl (C=S) groups is 1. The Morgan fingerprint density at radius 3 is 2.33 bits per heavy atom. The molecular weight excluding hydrogens is 232 g/mol. The molecule has 0 bridgehead atoms. The number of nitrogens with two attached hydrogens (primary N) is 1. The Hall–Kier alpha value is -0.200. The summed E-state index contributed by atoms with van der Waals surface area (Å²) in [7, 11) is -3.32. The second-order valence-electron chi connectivity index (χ2n) is 4.17. The Kier molecular flexibility index (Phi) is 4.08. The largest absolute Gasteiger partial charge is 0.392 e. The highest BCUT2D eigenvalue weighted by molar-refractivity contribution is 7.92. The molecule has 1 unspecified atom stereocenters. The Morgan fingerprint density at radius 2 is 1.93 bits per heavy atom. The number of sulfonamides is 1. The maximum atomic E-state index is 12.0. The molecule has 0 aliphatic carbocycles. The van der Waals surface area contributed by atoms with E-state index in [0.29, 0.717) is 19.0 Å². The number of rotatable bonds is 3. The average Bonchev–Trinajstić information content (AvgIpc) is 2.17. The summed E-state index contributed by atoms with van der Waals surface area (Å²) in [6, 6.07) is 0. The average molecular weight is 250 g/mol. The van der Waals surface area contributed by atoms with Gasteiger partial charge in [0.05, 0.1) is 4.99 Å². The van der Waals surface area contributed by atoms with E-state index >= 15 is 0 Å². The molecule has 0 aromatic heterocycles. The second-order valence-corrected chi connectivity index (χ2v) is 6.90. The molecule has 0 spiro atoms. The highest BCUT2D eigenvalue weighted by Crippen LogP contribution is 2.20. The van der Waals surface area contributed by atoms with E-state index in [1.165, 1.54) is 4.31 Å². The summed E-state index contributed by atoms with van der Waals surface area (Å²) in [4.78, 5) is 0.0496. The Labute approximate surface area is 96.9 Å². The first kappa shape index (κ1) is 12.9. The van der Waals surface area contributed by atoms with Crippen molar-refractivity contribution in [3.8, 4) is 0 Å². The Morgan fingerprint density at radius 1 is 1.47 bits per heavy atom. The first-order valence-electron chi connectivity index (χ1n) is 5.14. The van der Waals surface area contributed by atoms with Crippen LogP contribution in [-0.4, -0.2) is 36.1 Å². The summed E-state index contributed by atoms with van der Waals surface area (Å²) in [6.45, 7) is 4.88. The molecule has 1 fully saturated rings. The van der Waals surface area contributed by atoms with E-state index in [1.54, 1.807) is 6.92 Å². The summed E-state index contributed by atoms with van der Waals surface area (Å²) in [6.07, 6.45) is 1.84. The van der Waals surface area contributed by atoms with Crippen molar-refractivity contribution in [2.24, 2.45) is 11.7 Å². The molecule has 2 N–H and O–H groups in total. The lowest BCUT2D eigenvalue weighted by molar-refractivity contribution is 0.287. The van der Waals surface area contributed by atoms with Crippen molar-refractivity contribution in [3.63, 3.8) is 0 Å². The lowest BCUT2D eigenvalue weighted by atomic mass is 10.0. The molecule has 0 aromatic carbocycles. The maximum absolute atomic E-state index is 12.0. The molecule has 6 heteroatoms. The molecule has 15 heavy (non-hydrogen) atoms. The molecule has 1 rings (SSSR count).